The molecular weight excluding hydrogens is 336 g/mol. The summed E-state index contributed by atoms with van der Waals surface area (Å²) < 4.78 is 4.89. The van der Waals surface area contributed by atoms with E-state index in [4.69, 9.17) is 4.74 Å². The summed E-state index contributed by atoms with van der Waals surface area (Å²) in [5.41, 5.74) is 1.41. The van der Waals surface area contributed by atoms with Gasteiger partial charge in [-0.2, -0.15) is 0 Å². The van der Waals surface area contributed by atoms with E-state index in [2.05, 4.69) is 5.32 Å². The monoisotopic (exact) mass is 360 g/mol. The first kappa shape index (κ1) is 19.6. The van der Waals surface area contributed by atoms with Gasteiger partial charge in [-0.05, 0) is 23.6 Å². The van der Waals surface area contributed by atoms with Gasteiger partial charge in [-0.1, -0.05) is 26.0 Å². The minimum atomic E-state index is -0.354. The molecule has 1 saturated heterocycles. The summed E-state index contributed by atoms with van der Waals surface area (Å²) in [5, 5.41) is 2.73. The van der Waals surface area contributed by atoms with Crippen LogP contribution in [0.4, 0.5) is 5.69 Å². The third kappa shape index (κ3) is 5.15. The van der Waals surface area contributed by atoms with Crippen LogP contribution in [-0.2, 0) is 30.5 Å². The zero-order chi connectivity index (χ0) is 19.3. The maximum Gasteiger partial charge on any atom is 0.302 e. The minimum absolute atomic E-state index is 0.0531. The van der Waals surface area contributed by atoms with Crippen LogP contribution in [0.5, 0.6) is 0 Å². The number of rotatable bonds is 7. The van der Waals surface area contributed by atoms with Crippen molar-refractivity contribution in [3.05, 3.63) is 29.8 Å². The predicted molar refractivity (Wildman–Crippen MR) is 94.8 cm³/mol. The quantitative estimate of drug-likeness (QED) is 0.594. The predicted octanol–water partition coefficient (Wildman–Crippen LogP) is 2.11. The Balaban J connectivity index is 1.82. The van der Waals surface area contributed by atoms with Gasteiger partial charge in [0.25, 0.3) is 0 Å². The maximum absolute atomic E-state index is 12.2. The summed E-state index contributed by atoms with van der Waals surface area (Å²) in [6.07, 6.45) is 0.277. The first-order chi connectivity index (χ1) is 12.3. The highest BCUT2D eigenvalue weighted by Gasteiger charge is 2.39. The summed E-state index contributed by atoms with van der Waals surface area (Å²) in [6, 6.07) is 6.91. The van der Waals surface area contributed by atoms with Crippen molar-refractivity contribution in [1.82, 2.24) is 4.90 Å². The SMILES string of the molecule is CC(=O)OCc1ccc(NC(=O)CCN2C(=O)CC(C(C)C)C2=O)cc1. The van der Waals surface area contributed by atoms with Gasteiger partial charge in [0.1, 0.15) is 6.61 Å². The number of ether oxygens (including phenoxy) is 1. The molecule has 0 bridgehead atoms. The Hall–Kier alpha value is -2.70. The van der Waals surface area contributed by atoms with Gasteiger partial charge in [0.15, 0.2) is 0 Å². The highest BCUT2D eigenvalue weighted by atomic mass is 16.5. The summed E-state index contributed by atoms with van der Waals surface area (Å²) in [4.78, 5) is 48.2. The van der Waals surface area contributed by atoms with Gasteiger partial charge in [0.2, 0.25) is 17.7 Å². The molecule has 0 spiro atoms. The van der Waals surface area contributed by atoms with E-state index in [9.17, 15) is 19.2 Å². The van der Waals surface area contributed by atoms with Gasteiger partial charge >= 0.3 is 5.97 Å². The Morgan fingerprint density at radius 1 is 1.23 bits per heavy atom. The highest BCUT2D eigenvalue weighted by molar-refractivity contribution is 6.04. The van der Waals surface area contributed by atoms with E-state index in [-0.39, 0.29) is 61.5 Å². The Morgan fingerprint density at radius 2 is 1.88 bits per heavy atom. The molecule has 3 amide bonds. The van der Waals surface area contributed by atoms with Crippen molar-refractivity contribution < 1.29 is 23.9 Å². The van der Waals surface area contributed by atoms with E-state index in [1.807, 2.05) is 13.8 Å². The minimum Gasteiger partial charge on any atom is -0.461 e. The average Bonchev–Trinajstić information content (AvgIpc) is 2.87. The van der Waals surface area contributed by atoms with Crippen LogP contribution in [0.2, 0.25) is 0 Å². The molecule has 1 fully saturated rings. The Bertz CT molecular complexity index is 696. The third-order valence-electron chi connectivity index (χ3n) is 4.33. The Labute approximate surface area is 152 Å². The van der Waals surface area contributed by atoms with Gasteiger partial charge in [-0.15, -0.1) is 0 Å². The smallest absolute Gasteiger partial charge is 0.302 e. The second kappa shape index (κ2) is 8.60. The third-order valence-corrected chi connectivity index (χ3v) is 4.33. The zero-order valence-corrected chi connectivity index (χ0v) is 15.3. The number of carbonyl (C=O) groups excluding carboxylic acids is 4. The summed E-state index contributed by atoms with van der Waals surface area (Å²) >= 11 is 0. The fourth-order valence-corrected chi connectivity index (χ4v) is 2.77. The van der Waals surface area contributed by atoms with Crippen molar-refractivity contribution in [2.24, 2.45) is 11.8 Å². The molecule has 140 valence electrons. The van der Waals surface area contributed by atoms with Gasteiger partial charge < -0.3 is 10.1 Å². The number of imide groups is 1. The Morgan fingerprint density at radius 3 is 2.42 bits per heavy atom. The number of hydrogen-bond donors (Lipinski definition) is 1. The number of likely N-dealkylation sites (tertiary alicyclic amines) is 1. The molecular formula is C19H24N2O5. The van der Waals surface area contributed by atoms with Crippen molar-refractivity contribution >= 4 is 29.4 Å². The molecule has 2 rings (SSSR count). The van der Waals surface area contributed by atoms with E-state index < -0.39 is 0 Å². The molecule has 1 N–H and O–H groups in total. The fraction of sp³-hybridized carbons (Fsp3) is 0.474. The molecule has 7 heteroatoms. The van der Waals surface area contributed by atoms with Crippen LogP contribution in [0.15, 0.2) is 24.3 Å². The molecule has 1 heterocycles. The summed E-state index contributed by atoms with van der Waals surface area (Å²) in [7, 11) is 0. The molecule has 1 unspecified atom stereocenters. The number of amides is 3. The van der Waals surface area contributed by atoms with E-state index in [1.165, 1.54) is 11.8 Å². The van der Waals surface area contributed by atoms with Crippen molar-refractivity contribution in [1.29, 1.82) is 0 Å². The molecule has 26 heavy (non-hydrogen) atoms. The lowest BCUT2D eigenvalue weighted by atomic mass is 9.94. The second-order valence-electron chi connectivity index (χ2n) is 6.71. The zero-order valence-electron chi connectivity index (χ0n) is 15.3. The van der Waals surface area contributed by atoms with Crippen LogP contribution >= 0.6 is 0 Å². The fourth-order valence-electron chi connectivity index (χ4n) is 2.77. The summed E-state index contributed by atoms with van der Waals surface area (Å²) in [6.45, 7) is 5.44. The van der Waals surface area contributed by atoms with Crippen molar-refractivity contribution in [2.75, 3.05) is 11.9 Å². The molecule has 1 atom stereocenters. The van der Waals surface area contributed by atoms with E-state index >= 15 is 0 Å². The van der Waals surface area contributed by atoms with E-state index in [1.54, 1.807) is 24.3 Å². The molecule has 0 aromatic heterocycles. The number of benzene rings is 1. The molecule has 0 aliphatic carbocycles. The van der Waals surface area contributed by atoms with Crippen LogP contribution in [0.25, 0.3) is 0 Å². The molecule has 1 aliphatic rings. The molecule has 0 radical (unpaired) electrons. The van der Waals surface area contributed by atoms with Crippen molar-refractivity contribution in [3.8, 4) is 0 Å². The molecule has 1 aromatic rings. The highest BCUT2D eigenvalue weighted by Crippen LogP contribution is 2.26. The molecule has 1 aromatic carbocycles. The number of esters is 1. The van der Waals surface area contributed by atoms with Crippen LogP contribution in [0, 0.1) is 11.8 Å². The van der Waals surface area contributed by atoms with Crippen LogP contribution < -0.4 is 5.32 Å². The van der Waals surface area contributed by atoms with Crippen LogP contribution in [-0.4, -0.2) is 35.1 Å². The number of hydrogen-bond acceptors (Lipinski definition) is 5. The number of nitrogens with zero attached hydrogens (tertiary/aromatic N) is 1. The van der Waals surface area contributed by atoms with Crippen molar-refractivity contribution in [2.45, 2.75) is 40.2 Å². The first-order valence-electron chi connectivity index (χ1n) is 8.64. The molecule has 0 saturated carbocycles. The maximum atomic E-state index is 12.2. The van der Waals surface area contributed by atoms with Crippen molar-refractivity contribution in [3.63, 3.8) is 0 Å². The lowest BCUT2D eigenvalue weighted by Crippen LogP contribution is -2.34. The normalized spacial score (nSPS) is 16.9. The number of anilines is 1. The summed E-state index contributed by atoms with van der Waals surface area (Å²) in [5.74, 6) is -1.20. The van der Waals surface area contributed by atoms with E-state index in [0.29, 0.717) is 5.69 Å². The standard InChI is InChI=1S/C19H24N2O5/c1-12(2)16-10-18(24)21(19(16)25)9-8-17(23)20-15-6-4-14(5-7-15)11-26-13(3)22/h4-7,12,16H,8-11H2,1-3H3,(H,20,23). The van der Waals surface area contributed by atoms with Crippen LogP contribution in [0.1, 0.15) is 39.2 Å². The lowest BCUT2D eigenvalue weighted by molar-refractivity contribution is -0.142. The van der Waals surface area contributed by atoms with Gasteiger partial charge in [0, 0.05) is 37.9 Å². The molecule has 7 nitrogen and oxygen atoms in total. The van der Waals surface area contributed by atoms with Gasteiger partial charge in [-0.3, -0.25) is 24.1 Å². The largest absolute Gasteiger partial charge is 0.461 e. The number of nitrogens with one attached hydrogen (secondary N) is 1. The average molecular weight is 360 g/mol. The number of carbonyl (C=O) groups is 4. The topological polar surface area (TPSA) is 92.8 Å². The van der Waals surface area contributed by atoms with E-state index in [0.717, 1.165) is 5.56 Å². The van der Waals surface area contributed by atoms with Gasteiger partial charge in [0.05, 0.1) is 0 Å². The van der Waals surface area contributed by atoms with Crippen LogP contribution in [0.3, 0.4) is 0 Å². The van der Waals surface area contributed by atoms with Gasteiger partial charge in [-0.25, -0.2) is 0 Å². The second-order valence-corrected chi connectivity index (χ2v) is 6.71. The molecule has 1 aliphatic heterocycles. The lowest BCUT2D eigenvalue weighted by Gasteiger charge is -2.16. The Kier molecular flexibility index (Phi) is 6.49. The first-order valence-corrected chi connectivity index (χ1v) is 8.64.